The van der Waals surface area contributed by atoms with Crippen molar-refractivity contribution >= 4 is 24.8 Å². The molecule has 0 heterocycles. The van der Waals surface area contributed by atoms with E-state index in [0.29, 0.717) is 0 Å². The summed E-state index contributed by atoms with van der Waals surface area (Å²) in [5.41, 5.74) is 4.64. The molecule has 0 saturated heterocycles. The average Bonchev–Trinajstić information content (AvgIpc) is 1.37. The van der Waals surface area contributed by atoms with Gasteiger partial charge < -0.3 is 0 Å². The zero-order valence-electron chi connectivity index (χ0n) is 3.23. The average molecular weight is 125 g/mol. The molecule has 0 aliphatic heterocycles. The lowest BCUT2D eigenvalue weighted by atomic mass is 10.9. The quantitative estimate of drug-likeness (QED) is 0.434. The molecule has 0 saturated carbocycles. The number of halogens is 2. The summed E-state index contributed by atoms with van der Waals surface area (Å²) in [6.45, 7) is 6.36. The molecule has 0 N–H and O–H groups in total. The van der Waals surface area contributed by atoms with Crippen LogP contribution < -0.4 is 0 Å². The summed E-state index contributed by atoms with van der Waals surface area (Å²) >= 11 is 0. The van der Waals surface area contributed by atoms with Crippen LogP contribution >= 0.6 is 24.8 Å². The fraction of sp³-hybridized carbons (Fsp3) is 0. The second-order valence-corrected chi connectivity index (χ2v) is 0.354. The van der Waals surface area contributed by atoms with E-state index in [2.05, 4.69) is 24.6 Å². The highest BCUT2D eigenvalue weighted by Gasteiger charge is 1.08. The van der Waals surface area contributed by atoms with Crippen molar-refractivity contribution in [2.45, 2.75) is 0 Å². The van der Waals surface area contributed by atoms with E-state index in [9.17, 15) is 0 Å². The van der Waals surface area contributed by atoms with Gasteiger partial charge in [0.15, 0.2) is 0 Å². The van der Waals surface area contributed by atoms with Crippen LogP contribution in [0.4, 0.5) is 0 Å². The van der Waals surface area contributed by atoms with Crippen molar-refractivity contribution in [2.75, 3.05) is 0 Å². The second-order valence-electron chi connectivity index (χ2n) is 0.354. The Kier molecular flexibility index (Phi) is 58.5. The maximum Gasteiger partial charge on any atom is -0.0481 e. The van der Waals surface area contributed by atoms with Crippen LogP contribution in [0.1, 0.15) is 0 Å². The summed E-state index contributed by atoms with van der Waals surface area (Å²) < 4.78 is 0. The molecule has 0 unspecified atom stereocenters. The van der Waals surface area contributed by atoms with Crippen molar-refractivity contribution < 1.29 is 0 Å². The molecule has 0 radical (unpaired) electrons. The molecule has 36 valence electrons. The minimum Gasteiger partial charge on any atom is -0.147 e. The summed E-state index contributed by atoms with van der Waals surface area (Å²) in [5, 5.41) is 0. The number of hydrogen-bond donors (Lipinski definition) is 0. The van der Waals surface area contributed by atoms with E-state index in [-0.39, 0.29) is 24.8 Å². The van der Waals surface area contributed by atoms with E-state index in [0.717, 1.165) is 0 Å². The van der Waals surface area contributed by atoms with Gasteiger partial charge in [-0.15, -0.1) is 24.8 Å². The molecule has 0 aliphatic carbocycles. The molecule has 0 rings (SSSR count). The summed E-state index contributed by atoms with van der Waals surface area (Å²) in [4.78, 5) is 0. The zero-order chi connectivity index (χ0) is 3.41. The zero-order valence-corrected chi connectivity index (χ0v) is 4.86. The molecule has 0 atom stereocenters. The molecular weight excluding hydrogens is 119 g/mol. The monoisotopic (exact) mass is 124 g/mol. The summed E-state index contributed by atoms with van der Waals surface area (Å²) in [7, 11) is 0. The topological polar surface area (TPSA) is 0 Å². The van der Waals surface area contributed by atoms with Crippen LogP contribution in [0.3, 0.4) is 0 Å². The van der Waals surface area contributed by atoms with E-state index >= 15 is 0 Å². The van der Waals surface area contributed by atoms with Crippen molar-refractivity contribution in [1.29, 1.82) is 0 Å². The highest BCUT2D eigenvalue weighted by molar-refractivity contribution is 5.85. The van der Waals surface area contributed by atoms with Crippen molar-refractivity contribution in [2.24, 2.45) is 0 Å². The van der Waals surface area contributed by atoms with Gasteiger partial charge >= 0.3 is 0 Å². The van der Waals surface area contributed by atoms with Crippen molar-refractivity contribution in [1.82, 2.24) is 0 Å². The van der Waals surface area contributed by atoms with Gasteiger partial charge in [0.1, 0.15) is 0 Å². The Morgan fingerprint density at radius 2 is 1.00 bits per heavy atom. The van der Waals surface area contributed by atoms with Crippen LogP contribution in [0.25, 0.3) is 0 Å². The van der Waals surface area contributed by atoms with Gasteiger partial charge in [0.2, 0.25) is 0 Å². The lowest BCUT2D eigenvalue weighted by Gasteiger charge is -1.21. The summed E-state index contributed by atoms with van der Waals surface area (Å²) in [6.07, 6.45) is 0. The molecule has 6 heavy (non-hydrogen) atoms. The molecule has 0 spiro atoms. The van der Waals surface area contributed by atoms with Crippen molar-refractivity contribution in [3.63, 3.8) is 0 Å². The van der Waals surface area contributed by atoms with E-state index in [1.54, 1.807) is 0 Å². The van der Waals surface area contributed by atoms with Crippen LogP contribution in [-0.4, -0.2) is 0 Å². The van der Waals surface area contributed by atoms with Gasteiger partial charge in [-0.2, -0.15) is 0 Å². The Bertz CT molecular complexity index is 55.6. The third kappa shape index (κ3) is 41.6. The molecule has 0 aromatic carbocycles. The van der Waals surface area contributed by atoms with Crippen LogP contribution in [0.2, 0.25) is 0 Å². The van der Waals surface area contributed by atoms with Gasteiger partial charge in [-0.1, -0.05) is 11.5 Å². The summed E-state index contributed by atoms with van der Waals surface area (Å²) in [5.74, 6) is 0. The Balaban J connectivity index is -0.0000000450. The second kappa shape index (κ2) is 20.8. The third-order valence-electron chi connectivity index (χ3n) is 0.125. The van der Waals surface area contributed by atoms with E-state index in [1.807, 2.05) is 0 Å². The molecule has 0 bridgehead atoms. The molecular formula is C4H6Cl2. The minimum atomic E-state index is 0. The Morgan fingerprint density at radius 3 is 1.00 bits per heavy atom. The third-order valence-corrected chi connectivity index (χ3v) is 0.125. The minimum absolute atomic E-state index is 0. The maximum absolute atomic E-state index is 3.18. The highest BCUT2D eigenvalue weighted by Crippen LogP contribution is 1.30. The van der Waals surface area contributed by atoms with Gasteiger partial charge in [0.25, 0.3) is 0 Å². The van der Waals surface area contributed by atoms with Crippen LogP contribution in [0.15, 0.2) is 24.6 Å². The molecule has 0 aromatic rings. The Hall–Kier alpha value is -0.120. The van der Waals surface area contributed by atoms with Gasteiger partial charge in [-0.3, -0.25) is 0 Å². The SMILES string of the molecule is C=C=C=C.Cl.Cl. The van der Waals surface area contributed by atoms with Crippen molar-refractivity contribution in [3.8, 4) is 0 Å². The van der Waals surface area contributed by atoms with Crippen molar-refractivity contribution in [3.05, 3.63) is 24.6 Å². The molecule has 0 aliphatic rings. The smallest absolute Gasteiger partial charge is 0.0481 e. The first kappa shape index (κ1) is 16.9. The highest BCUT2D eigenvalue weighted by atomic mass is 35.5. The first-order chi connectivity index (χ1) is 1.91. The largest absolute Gasteiger partial charge is 0.147 e. The van der Waals surface area contributed by atoms with Gasteiger partial charge in [-0.25, -0.2) is 0 Å². The first-order valence-electron chi connectivity index (χ1n) is 0.957. The van der Waals surface area contributed by atoms with E-state index in [1.165, 1.54) is 0 Å². The standard InChI is InChI=1S/C4H4.2ClH/c1-3-4-2;;/h1-2H2;2*1H. The summed E-state index contributed by atoms with van der Waals surface area (Å²) in [6, 6.07) is 0. The first-order valence-corrected chi connectivity index (χ1v) is 0.957. The van der Waals surface area contributed by atoms with Crippen LogP contribution in [0, 0.1) is 0 Å². The van der Waals surface area contributed by atoms with E-state index < -0.39 is 0 Å². The Morgan fingerprint density at radius 1 is 0.833 bits per heavy atom. The predicted molar refractivity (Wildman–Crippen MR) is 32.8 cm³/mol. The molecule has 0 fully saturated rings. The fourth-order valence-corrected chi connectivity index (χ4v) is 0. The molecule has 2 heteroatoms. The van der Waals surface area contributed by atoms with Gasteiger partial charge in [0, 0.05) is 0 Å². The lowest BCUT2D eigenvalue weighted by Crippen LogP contribution is -0.988. The number of rotatable bonds is 0. The predicted octanol–water partition coefficient (Wildman–Crippen LogP) is 1.96. The Labute approximate surface area is 50.1 Å². The van der Waals surface area contributed by atoms with Crippen LogP contribution in [-0.2, 0) is 0 Å². The fourth-order valence-electron chi connectivity index (χ4n) is 0. The molecule has 0 amide bonds. The van der Waals surface area contributed by atoms with E-state index in [4.69, 9.17) is 0 Å². The maximum atomic E-state index is 3.18. The number of hydrogen-bond acceptors (Lipinski definition) is 0. The lowest BCUT2D eigenvalue weighted by molar-refractivity contribution is 2.37. The normalized spacial score (nSPS) is 2.00. The van der Waals surface area contributed by atoms with Gasteiger partial charge in [0.05, 0.1) is 0 Å². The molecule has 0 nitrogen and oxygen atoms in total. The van der Waals surface area contributed by atoms with Gasteiger partial charge in [-0.05, 0) is 13.2 Å². The molecule has 0 aromatic heterocycles. The van der Waals surface area contributed by atoms with Crippen LogP contribution in [0.5, 0.6) is 0 Å².